The number of nitrogens with one attached hydrogen (secondary N) is 2. The van der Waals surface area contributed by atoms with Crippen molar-refractivity contribution in [2.24, 2.45) is 5.92 Å². The summed E-state index contributed by atoms with van der Waals surface area (Å²) in [6.45, 7) is 3.72. The van der Waals surface area contributed by atoms with Gasteiger partial charge in [0.25, 0.3) is 5.69 Å². The maximum absolute atomic E-state index is 12.3. The van der Waals surface area contributed by atoms with Crippen LogP contribution in [0.15, 0.2) is 23.1 Å². The molecular formula is C13H19N3O4S. The number of nitrogens with zero attached hydrogens (tertiary/aromatic N) is 1. The van der Waals surface area contributed by atoms with Gasteiger partial charge >= 0.3 is 0 Å². The number of aryl methyl sites for hydroxylation is 1. The minimum absolute atomic E-state index is 0.0943. The molecule has 2 rings (SSSR count). The van der Waals surface area contributed by atoms with Gasteiger partial charge in [-0.3, -0.25) is 10.1 Å². The van der Waals surface area contributed by atoms with Gasteiger partial charge in [0.1, 0.15) is 0 Å². The molecule has 2 N–H and O–H groups in total. The number of hydrogen-bond donors (Lipinski definition) is 2. The van der Waals surface area contributed by atoms with Gasteiger partial charge in [-0.05, 0) is 50.4 Å². The third-order valence-electron chi connectivity index (χ3n) is 3.62. The van der Waals surface area contributed by atoms with Crippen molar-refractivity contribution in [1.29, 1.82) is 0 Å². The van der Waals surface area contributed by atoms with Crippen molar-refractivity contribution in [3.63, 3.8) is 0 Å². The zero-order chi connectivity index (χ0) is 15.5. The van der Waals surface area contributed by atoms with Crippen molar-refractivity contribution < 1.29 is 13.3 Å². The average Bonchev–Trinajstić information content (AvgIpc) is 2.46. The molecule has 1 heterocycles. The fourth-order valence-electron chi connectivity index (χ4n) is 2.45. The SMILES string of the molecule is Cc1cc([N+](=O)[O-])ccc1S(=O)(=O)NCC1CCCNC1. The van der Waals surface area contributed by atoms with Crippen LogP contribution in [-0.4, -0.2) is 33.0 Å². The summed E-state index contributed by atoms with van der Waals surface area (Å²) in [5, 5.41) is 13.9. The molecule has 0 saturated carbocycles. The summed E-state index contributed by atoms with van der Waals surface area (Å²) in [5.74, 6) is 0.284. The Balaban J connectivity index is 2.10. The van der Waals surface area contributed by atoms with Crippen LogP contribution in [0.5, 0.6) is 0 Å². The Kier molecular flexibility index (Phi) is 4.92. The van der Waals surface area contributed by atoms with Crippen LogP contribution in [0.3, 0.4) is 0 Å². The molecule has 1 atom stereocenters. The van der Waals surface area contributed by atoms with Gasteiger partial charge in [0, 0.05) is 18.7 Å². The van der Waals surface area contributed by atoms with Gasteiger partial charge in [-0.1, -0.05) is 0 Å². The van der Waals surface area contributed by atoms with Crippen LogP contribution in [0.25, 0.3) is 0 Å². The van der Waals surface area contributed by atoms with E-state index in [1.807, 2.05) is 0 Å². The molecule has 0 amide bonds. The molecule has 116 valence electrons. The fraction of sp³-hybridized carbons (Fsp3) is 0.538. The van der Waals surface area contributed by atoms with E-state index in [0.29, 0.717) is 12.1 Å². The molecule has 1 aromatic rings. The van der Waals surface area contributed by atoms with Crippen LogP contribution in [0.2, 0.25) is 0 Å². The Hall–Kier alpha value is -1.51. The molecule has 0 aromatic heterocycles. The number of rotatable bonds is 5. The van der Waals surface area contributed by atoms with Gasteiger partial charge < -0.3 is 5.32 Å². The molecule has 1 fully saturated rings. The van der Waals surface area contributed by atoms with Crippen molar-refractivity contribution in [2.45, 2.75) is 24.7 Å². The van der Waals surface area contributed by atoms with E-state index in [0.717, 1.165) is 25.9 Å². The maximum Gasteiger partial charge on any atom is 0.269 e. The molecule has 1 aliphatic rings. The minimum atomic E-state index is -3.63. The lowest BCUT2D eigenvalue weighted by molar-refractivity contribution is -0.385. The highest BCUT2D eigenvalue weighted by Crippen LogP contribution is 2.21. The monoisotopic (exact) mass is 313 g/mol. The van der Waals surface area contributed by atoms with E-state index in [4.69, 9.17) is 0 Å². The van der Waals surface area contributed by atoms with Crippen molar-refractivity contribution in [1.82, 2.24) is 10.0 Å². The number of non-ortho nitro benzene ring substituents is 1. The second-order valence-corrected chi connectivity index (χ2v) is 7.01. The third-order valence-corrected chi connectivity index (χ3v) is 5.20. The van der Waals surface area contributed by atoms with Gasteiger partial charge in [0.15, 0.2) is 0 Å². The van der Waals surface area contributed by atoms with Crippen molar-refractivity contribution >= 4 is 15.7 Å². The second-order valence-electron chi connectivity index (χ2n) is 5.27. The summed E-state index contributed by atoms with van der Waals surface area (Å²) < 4.78 is 27.1. The van der Waals surface area contributed by atoms with E-state index in [1.54, 1.807) is 6.92 Å². The molecule has 1 unspecified atom stereocenters. The van der Waals surface area contributed by atoms with Crippen LogP contribution >= 0.6 is 0 Å². The van der Waals surface area contributed by atoms with Crippen molar-refractivity contribution in [3.05, 3.63) is 33.9 Å². The third kappa shape index (κ3) is 3.99. The van der Waals surface area contributed by atoms with Crippen LogP contribution in [0.1, 0.15) is 18.4 Å². The molecule has 0 radical (unpaired) electrons. The van der Waals surface area contributed by atoms with Gasteiger partial charge in [0.2, 0.25) is 10.0 Å². The summed E-state index contributed by atoms with van der Waals surface area (Å²) in [5.41, 5.74) is 0.265. The Morgan fingerprint density at radius 1 is 1.48 bits per heavy atom. The normalized spacial score (nSPS) is 19.4. The molecule has 1 saturated heterocycles. The Morgan fingerprint density at radius 2 is 2.24 bits per heavy atom. The van der Waals surface area contributed by atoms with Gasteiger partial charge in [-0.15, -0.1) is 0 Å². The summed E-state index contributed by atoms with van der Waals surface area (Å²) >= 11 is 0. The van der Waals surface area contributed by atoms with Crippen molar-refractivity contribution in [2.75, 3.05) is 19.6 Å². The van der Waals surface area contributed by atoms with Gasteiger partial charge in [-0.2, -0.15) is 0 Å². The zero-order valence-electron chi connectivity index (χ0n) is 11.8. The van der Waals surface area contributed by atoms with Crippen LogP contribution in [0, 0.1) is 23.0 Å². The van der Waals surface area contributed by atoms with E-state index >= 15 is 0 Å². The lowest BCUT2D eigenvalue weighted by Crippen LogP contribution is -2.38. The molecular weight excluding hydrogens is 294 g/mol. The van der Waals surface area contributed by atoms with E-state index in [9.17, 15) is 18.5 Å². The first kappa shape index (κ1) is 15.9. The summed E-state index contributed by atoms with van der Waals surface area (Å²) in [6.07, 6.45) is 2.04. The number of piperidine rings is 1. The predicted octanol–water partition coefficient (Wildman–Crippen LogP) is 1.18. The highest BCUT2D eigenvalue weighted by atomic mass is 32.2. The molecule has 0 aliphatic carbocycles. The summed E-state index contributed by atoms with van der Waals surface area (Å²) in [6, 6.07) is 3.77. The highest BCUT2D eigenvalue weighted by molar-refractivity contribution is 7.89. The first-order valence-corrected chi connectivity index (χ1v) is 8.34. The van der Waals surface area contributed by atoms with Crippen LogP contribution in [0.4, 0.5) is 5.69 Å². The van der Waals surface area contributed by atoms with E-state index < -0.39 is 14.9 Å². The standard InChI is InChI=1S/C13H19N3O4S/c1-10-7-12(16(17)18)4-5-13(10)21(19,20)15-9-11-3-2-6-14-8-11/h4-5,7,11,14-15H,2-3,6,8-9H2,1H3. The first-order chi connectivity index (χ1) is 9.90. The minimum Gasteiger partial charge on any atom is -0.316 e. The number of nitro groups is 1. The van der Waals surface area contributed by atoms with Gasteiger partial charge in [0.05, 0.1) is 9.82 Å². The molecule has 1 aliphatic heterocycles. The lowest BCUT2D eigenvalue weighted by Gasteiger charge is -2.23. The molecule has 0 spiro atoms. The van der Waals surface area contributed by atoms with Crippen LogP contribution < -0.4 is 10.0 Å². The summed E-state index contributed by atoms with van der Waals surface area (Å²) in [4.78, 5) is 10.2. The number of nitro benzene ring substituents is 1. The summed E-state index contributed by atoms with van der Waals surface area (Å²) in [7, 11) is -3.63. The van der Waals surface area contributed by atoms with Crippen LogP contribution in [-0.2, 0) is 10.0 Å². The maximum atomic E-state index is 12.3. The Labute approximate surface area is 123 Å². The van der Waals surface area contributed by atoms with Gasteiger partial charge in [-0.25, -0.2) is 13.1 Å². The molecule has 0 bridgehead atoms. The largest absolute Gasteiger partial charge is 0.316 e. The number of sulfonamides is 1. The fourth-order valence-corrected chi connectivity index (χ4v) is 3.79. The molecule has 1 aromatic carbocycles. The smallest absolute Gasteiger partial charge is 0.269 e. The predicted molar refractivity (Wildman–Crippen MR) is 78.6 cm³/mol. The first-order valence-electron chi connectivity index (χ1n) is 6.85. The molecule has 8 heteroatoms. The van der Waals surface area contributed by atoms with E-state index in [-0.39, 0.29) is 16.5 Å². The van der Waals surface area contributed by atoms with E-state index in [2.05, 4.69) is 10.0 Å². The highest BCUT2D eigenvalue weighted by Gasteiger charge is 2.21. The molecule has 7 nitrogen and oxygen atoms in total. The topological polar surface area (TPSA) is 101 Å². The Bertz CT molecular complexity index is 624. The van der Waals surface area contributed by atoms with E-state index in [1.165, 1.54) is 18.2 Å². The quantitative estimate of drug-likeness (QED) is 0.628. The molecule has 21 heavy (non-hydrogen) atoms. The van der Waals surface area contributed by atoms with Crippen molar-refractivity contribution in [3.8, 4) is 0 Å². The number of hydrogen-bond acceptors (Lipinski definition) is 5. The second kappa shape index (κ2) is 6.50. The number of benzene rings is 1. The Morgan fingerprint density at radius 3 is 2.81 bits per heavy atom. The average molecular weight is 313 g/mol. The zero-order valence-corrected chi connectivity index (χ0v) is 12.6. The lowest BCUT2D eigenvalue weighted by atomic mass is 10.0.